The van der Waals surface area contributed by atoms with Gasteiger partial charge in [-0.2, -0.15) is 5.10 Å². The zero-order chi connectivity index (χ0) is 24.9. The lowest BCUT2D eigenvalue weighted by Crippen LogP contribution is -2.19. The maximum Gasteiger partial charge on any atom is 0.250 e. The number of aromatic nitrogens is 3. The first-order chi connectivity index (χ1) is 17.6. The molecule has 0 unspecified atom stereocenters. The predicted octanol–water partition coefficient (Wildman–Crippen LogP) is 6.51. The van der Waals surface area contributed by atoms with Crippen molar-refractivity contribution in [1.29, 1.82) is 0 Å². The molecule has 6 nitrogen and oxygen atoms in total. The number of carbonyl (C=O) groups is 1. The molecule has 0 aliphatic heterocycles. The second kappa shape index (κ2) is 11.3. The second-order valence-corrected chi connectivity index (χ2v) is 11.7. The molecule has 0 aliphatic rings. The third-order valence-corrected chi connectivity index (χ3v) is 8.97. The van der Waals surface area contributed by atoms with Gasteiger partial charge in [-0.3, -0.25) is 4.79 Å². The average Bonchev–Trinajstić information content (AvgIpc) is 3.49. The molecular weight excluding hydrogens is 507 g/mol. The van der Waals surface area contributed by atoms with Crippen molar-refractivity contribution in [1.82, 2.24) is 20.2 Å². The minimum atomic E-state index is -0.177. The zero-order valence-corrected chi connectivity index (χ0v) is 22.4. The quantitative estimate of drug-likeness (QED) is 0.133. The van der Waals surface area contributed by atoms with Crippen molar-refractivity contribution < 1.29 is 4.79 Å². The molecule has 5 rings (SSSR count). The minimum absolute atomic E-state index is 0.177. The van der Waals surface area contributed by atoms with Gasteiger partial charge in [-0.15, -0.1) is 10.2 Å². The number of amides is 1. The van der Waals surface area contributed by atoms with Gasteiger partial charge in [0.25, 0.3) is 5.91 Å². The molecule has 1 N–H and O–H groups in total. The number of thioether (sulfide) groups is 2. The summed E-state index contributed by atoms with van der Waals surface area (Å²) in [7, 11) is 0. The Morgan fingerprint density at radius 1 is 1.00 bits per heavy atom. The number of aryl methyl sites for hydroxylation is 2. The van der Waals surface area contributed by atoms with Crippen LogP contribution in [0, 0.1) is 6.92 Å². The fourth-order valence-corrected chi connectivity index (χ4v) is 6.74. The Labute approximate surface area is 222 Å². The Kier molecular flexibility index (Phi) is 7.69. The lowest BCUT2D eigenvalue weighted by molar-refractivity contribution is -0.118. The van der Waals surface area contributed by atoms with E-state index in [0.717, 1.165) is 26.5 Å². The molecule has 0 saturated carbocycles. The van der Waals surface area contributed by atoms with E-state index in [1.54, 1.807) is 18.0 Å². The second-order valence-electron chi connectivity index (χ2n) is 8.23. The minimum Gasteiger partial charge on any atom is -0.341 e. The summed E-state index contributed by atoms with van der Waals surface area (Å²) in [5.74, 6) is 0.904. The van der Waals surface area contributed by atoms with Crippen molar-refractivity contribution in [2.45, 2.75) is 34.8 Å². The fourth-order valence-electron chi connectivity index (χ4n) is 3.97. The van der Waals surface area contributed by atoms with Crippen molar-refractivity contribution in [2.24, 2.45) is 5.10 Å². The summed E-state index contributed by atoms with van der Waals surface area (Å²) in [6.07, 6.45) is 1.69. The Hall–Kier alpha value is -3.14. The number of carbonyl (C=O) groups excluding carboxylic acids is 1. The Bertz CT molecular complexity index is 1540. The molecule has 5 aromatic rings. The van der Waals surface area contributed by atoms with Crippen LogP contribution in [0.4, 0.5) is 0 Å². The van der Waals surface area contributed by atoms with E-state index in [0.29, 0.717) is 0 Å². The number of nitrogens with zero attached hydrogens (tertiary/aromatic N) is 4. The summed E-state index contributed by atoms with van der Waals surface area (Å²) in [5, 5.41) is 15.0. The van der Waals surface area contributed by atoms with Gasteiger partial charge in [-0.05, 0) is 43.2 Å². The van der Waals surface area contributed by atoms with Crippen molar-refractivity contribution >= 4 is 68.8 Å². The molecule has 0 fully saturated rings. The van der Waals surface area contributed by atoms with Gasteiger partial charge in [-0.25, -0.2) is 5.43 Å². The molecule has 0 saturated heterocycles. The zero-order valence-electron chi connectivity index (χ0n) is 20.0. The number of hydrogen-bond donors (Lipinski definition) is 1. The highest BCUT2D eigenvalue weighted by Crippen LogP contribution is 2.31. The van der Waals surface area contributed by atoms with E-state index in [-0.39, 0.29) is 11.7 Å². The van der Waals surface area contributed by atoms with Crippen molar-refractivity contribution in [2.75, 3.05) is 5.75 Å². The van der Waals surface area contributed by atoms with Gasteiger partial charge in [0.15, 0.2) is 8.68 Å². The summed E-state index contributed by atoms with van der Waals surface area (Å²) in [5.41, 5.74) is 8.48. The highest BCUT2D eigenvalue weighted by atomic mass is 32.2. The van der Waals surface area contributed by atoms with Gasteiger partial charge in [0, 0.05) is 34.1 Å². The summed E-state index contributed by atoms with van der Waals surface area (Å²) < 4.78 is 3.99. The number of hydrogen-bond acceptors (Lipinski definition) is 7. The van der Waals surface area contributed by atoms with E-state index >= 15 is 0 Å². The molecule has 182 valence electrons. The van der Waals surface area contributed by atoms with Gasteiger partial charge >= 0.3 is 0 Å². The summed E-state index contributed by atoms with van der Waals surface area (Å²) in [4.78, 5) is 12.3. The van der Waals surface area contributed by atoms with E-state index in [1.807, 2.05) is 6.07 Å². The first-order valence-corrected chi connectivity index (χ1v) is 14.4. The number of para-hydroxylation sites is 1. The molecule has 0 aliphatic carbocycles. The van der Waals surface area contributed by atoms with Gasteiger partial charge < -0.3 is 4.57 Å². The number of rotatable bonds is 9. The van der Waals surface area contributed by atoms with E-state index in [1.165, 1.54) is 56.0 Å². The van der Waals surface area contributed by atoms with Crippen molar-refractivity contribution in [3.63, 3.8) is 0 Å². The number of benzene rings is 3. The van der Waals surface area contributed by atoms with E-state index in [4.69, 9.17) is 0 Å². The Morgan fingerprint density at radius 2 is 1.75 bits per heavy atom. The van der Waals surface area contributed by atoms with Crippen molar-refractivity contribution in [3.8, 4) is 0 Å². The summed E-state index contributed by atoms with van der Waals surface area (Å²) in [6, 6.07) is 23.2. The molecule has 0 bridgehead atoms. The van der Waals surface area contributed by atoms with Crippen LogP contribution in [0.2, 0.25) is 0 Å². The van der Waals surface area contributed by atoms with Gasteiger partial charge in [0.2, 0.25) is 0 Å². The van der Waals surface area contributed by atoms with Gasteiger partial charge in [-0.1, -0.05) is 89.0 Å². The first-order valence-electron chi connectivity index (χ1n) is 11.6. The molecule has 36 heavy (non-hydrogen) atoms. The van der Waals surface area contributed by atoms with Crippen LogP contribution in [0.1, 0.15) is 23.6 Å². The maximum absolute atomic E-state index is 12.3. The molecule has 2 heterocycles. The van der Waals surface area contributed by atoms with Crippen LogP contribution in [0.25, 0.3) is 21.8 Å². The first kappa shape index (κ1) is 24.5. The Morgan fingerprint density at radius 3 is 2.56 bits per heavy atom. The third kappa shape index (κ3) is 5.64. The van der Waals surface area contributed by atoms with Crippen LogP contribution in [0.15, 0.2) is 80.5 Å². The SMILES string of the molecule is CCn1c2ccccc2c2cc(C=NNC(=O)CSc3nnc(SCc4ccc(C)cc4)s3)ccc21. The van der Waals surface area contributed by atoms with Gasteiger partial charge in [0.05, 0.1) is 12.0 Å². The van der Waals surface area contributed by atoms with E-state index < -0.39 is 0 Å². The van der Waals surface area contributed by atoms with Crippen LogP contribution in [0.5, 0.6) is 0 Å². The van der Waals surface area contributed by atoms with Gasteiger partial charge in [0.1, 0.15) is 0 Å². The van der Waals surface area contributed by atoms with Crippen LogP contribution in [0.3, 0.4) is 0 Å². The Balaban J connectivity index is 1.14. The van der Waals surface area contributed by atoms with Crippen LogP contribution >= 0.6 is 34.9 Å². The molecule has 1 amide bonds. The molecule has 9 heteroatoms. The number of fused-ring (bicyclic) bond motifs is 3. The molecule has 0 spiro atoms. The predicted molar refractivity (Wildman–Crippen MR) is 152 cm³/mol. The van der Waals surface area contributed by atoms with Crippen molar-refractivity contribution in [3.05, 3.63) is 83.4 Å². The average molecular weight is 532 g/mol. The molecule has 2 aromatic heterocycles. The van der Waals surface area contributed by atoms with Crippen LogP contribution < -0.4 is 5.43 Å². The summed E-state index contributed by atoms with van der Waals surface area (Å²) in [6.45, 7) is 5.15. The van der Waals surface area contributed by atoms with E-state index in [2.05, 4.69) is 99.8 Å². The highest BCUT2D eigenvalue weighted by Gasteiger charge is 2.10. The molecule has 0 atom stereocenters. The topological polar surface area (TPSA) is 72.2 Å². The fraction of sp³-hybridized carbons (Fsp3) is 0.185. The lowest BCUT2D eigenvalue weighted by atomic mass is 10.1. The highest BCUT2D eigenvalue weighted by molar-refractivity contribution is 8.03. The molecule has 0 radical (unpaired) electrons. The smallest absolute Gasteiger partial charge is 0.250 e. The maximum atomic E-state index is 12.3. The van der Waals surface area contributed by atoms with Crippen LogP contribution in [-0.4, -0.2) is 32.6 Å². The number of nitrogens with one attached hydrogen (secondary N) is 1. The lowest BCUT2D eigenvalue weighted by Gasteiger charge is -2.02. The molecule has 3 aromatic carbocycles. The van der Waals surface area contributed by atoms with E-state index in [9.17, 15) is 4.79 Å². The monoisotopic (exact) mass is 531 g/mol. The molecular formula is C27H25N5OS3. The largest absolute Gasteiger partial charge is 0.341 e. The normalized spacial score (nSPS) is 11.6. The number of hydrazone groups is 1. The summed E-state index contributed by atoms with van der Waals surface area (Å²) >= 11 is 4.53. The third-order valence-electron chi connectivity index (χ3n) is 5.71. The standard InChI is InChI=1S/C27H25N5OS3/c1-3-32-23-7-5-4-6-21(23)22-14-20(12-13-24(22)32)15-28-29-25(33)17-35-27-31-30-26(36-27)34-16-19-10-8-18(2)9-11-19/h4-15H,3,16-17H2,1-2H3,(H,29,33). The van der Waals surface area contributed by atoms with Crippen LogP contribution in [-0.2, 0) is 17.1 Å².